The van der Waals surface area contributed by atoms with E-state index in [1.807, 2.05) is 12.1 Å². The Morgan fingerprint density at radius 1 is 1.22 bits per heavy atom. The topological polar surface area (TPSA) is 58.1 Å². The number of carbonyl (C=O) groups is 1. The van der Waals surface area contributed by atoms with Gasteiger partial charge in [-0.25, -0.2) is 14.4 Å². The lowest BCUT2D eigenvalue weighted by Crippen LogP contribution is -2.18. The normalized spacial score (nSPS) is 13.8. The Hall–Kier alpha value is -2.51. The van der Waals surface area contributed by atoms with Crippen LogP contribution in [0.25, 0.3) is 10.6 Å². The predicted molar refractivity (Wildman–Crippen MR) is 106 cm³/mol. The molecule has 5 nitrogen and oxygen atoms in total. The Labute approximate surface area is 164 Å². The highest BCUT2D eigenvalue weighted by Crippen LogP contribution is 2.27. The highest BCUT2D eigenvalue weighted by Gasteiger charge is 2.16. The van der Waals surface area contributed by atoms with Crippen LogP contribution in [0.1, 0.15) is 23.3 Å². The SMILES string of the molecule is O=C(Nc1cccc(Cl)c1F)c1csc(-c2ccc(N3CCCC3)nc2)n1. The second-order valence-corrected chi connectivity index (χ2v) is 7.46. The van der Waals surface area contributed by atoms with Crippen molar-refractivity contribution in [1.29, 1.82) is 0 Å². The number of amides is 1. The molecule has 1 amide bonds. The molecule has 1 fully saturated rings. The van der Waals surface area contributed by atoms with E-state index in [2.05, 4.69) is 20.2 Å². The Bertz CT molecular complexity index is 970. The van der Waals surface area contributed by atoms with Gasteiger partial charge in [0.15, 0.2) is 5.82 Å². The van der Waals surface area contributed by atoms with E-state index in [9.17, 15) is 9.18 Å². The number of halogens is 2. The largest absolute Gasteiger partial charge is 0.357 e. The zero-order valence-electron chi connectivity index (χ0n) is 14.3. The van der Waals surface area contributed by atoms with Gasteiger partial charge in [-0.1, -0.05) is 17.7 Å². The fraction of sp³-hybridized carbons (Fsp3) is 0.211. The maximum atomic E-state index is 13.9. The molecule has 8 heteroatoms. The standard InChI is InChI=1S/C19H16ClFN4OS/c20-13-4-3-5-14(17(13)21)23-18(26)15-11-27-19(24-15)12-6-7-16(22-10-12)25-8-1-2-9-25/h3-7,10-11H,1-2,8-9H2,(H,23,26). The van der Waals surface area contributed by atoms with Gasteiger partial charge in [-0.05, 0) is 37.1 Å². The van der Waals surface area contributed by atoms with Gasteiger partial charge < -0.3 is 10.2 Å². The molecule has 1 N–H and O–H groups in total. The molecule has 0 radical (unpaired) electrons. The van der Waals surface area contributed by atoms with Gasteiger partial charge in [-0.15, -0.1) is 11.3 Å². The molecular formula is C19H16ClFN4OS. The van der Waals surface area contributed by atoms with Gasteiger partial charge in [0.2, 0.25) is 0 Å². The number of nitrogens with zero attached hydrogens (tertiary/aromatic N) is 3. The number of carbonyl (C=O) groups excluding carboxylic acids is 1. The van der Waals surface area contributed by atoms with Crippen molar-refractivity contribution in [2.45, 2.75) is 12.8 Å². The van der Waals surface area contributed by atoms with Gasteiger partial charge in [0.05, 0.1) is 10.7 Å². The highest BCUT2D eigenvalue weighted by molar-refractivity contribution is 7.13. The summed E-state index contributed by atoms with van der Waals surface area (Å²) in [5.41, 5.74) is 1.09. The third-order valence-electron chi connectivity index (χ3n) is 4.36. The summed E-state index contributed by atoms with van der Waals surface area (Å²) in [4.78, 5) is 23.5. The van der Waals surface area contributed by atoms with Crippen molar-refractivity contribution in [3.8, 4) is 10.6 Å². The Balaban J connectivity index is 1.49. The van der Waals surface area contributed by atoms with Gasteiger partial charge in [-0.3, -0.25) is 4.79 Å². The molecule has 1 saturated heterocycles. The van der Waals surface area contributed by atoms with Crippen molar-refractivity contribution >= 4 is 40.4 Å². The number of anilines is 2. The molecule has 1 aromatic carbocycles. The Morgan fingerprint density at radius 2 is 2.04 bits per heavy atom. The molecule has 0 bridgehead atoms. The summed E-state index contributed by atoms with van der Waals surface area (Å²) in [6.07, 6.45) is 4.16. The summed E-state index contributed by atoms with van der Waals surface area (Å²) >= 11 is 7.08. The average molecular weight is 403 g/mol. The molecule has 0 atom stereocenters. The third-order valence-corrected chi connectivity index (χ3v) is 5.54. The smallest absolute Gasteiger partial charge is 0.275 e. The van der Waals surface area contributed by atoms with Gasteiger partial charge in [-0.2, -0.15) is 0 Å². The minimum atomic E-state index is -0.662. The highest BCUT2D eigenvalue weighted by atomic mass is 35.5. The van der Waals surface area contributed by atoms with E-state index in [1.54, 1.807) is 17.6 Å². The zero-order chi connectivity index (χ0) is 18.8. The van der Waals surface area contributed by atoms with Crippen LogP contribution in [-0.4, -0.2) is 29.0 Å². The van der Waals surface area contributed by atoms with Crippen molar-refractivity contribution in [3.63, 3.8) is 0 Å². The second-order valence-electron chi connectivity index (χ2n) is 6.19. The Kier molecular flexibility index (Phi) is 5.05. The maximum absolute atomic E-state index is 13.9. The summed E-state index contributed by atoms with van der Waals surface area (Å²) in [6.45, 7) is 2.07. The van der Waals surface area contributed by atoms with E-state index >= 15 is 0 Å². The number of rotatable bonds is 4. The van der Waals surface area contributed by atoms with Crippen LogP contribution in [0, 0.1) is 5.82 Å². The molecule has 3 aromatic rings. The van der Waals surface area contributed by atoms with Crippen LogP contribution < -0.4 is 10.2 Å². The molecule has 0 unspecified atom stereocenters. The molecule has 2 aromatic heterocycles. The van der Waals surface area contributed by atoms with E-state index in [0.717, 1.165) is 24.5 Å². The fourth-order valence-corrected chi connectivity index (χ4v) is 3.91. The van der Waals surface area contributed by atoms with Crippen LogP contribution in [0.2, 0.25) is 5.02 Å². The number of hydrogen-bond donors (Lipinski definition) is 1. The summed E-state index contributed by atoms with van der Waals surface area (Å²) in [7, 11) is 0. The van der Waals surface area contributed by atoms with Gasteiger partial charge in [0, 0.05) is 30.2 Å². The predicted octanol–water partition coefficient (Wildman–Crippen LogP) is 4.85. The molecule has 3 heterocycles. The quantitative estimate of drug-likeness (QED) is 0.677. The summed E-state index contributed by atoms with van der Waals surface area (Å²) < 4.78 is 13.9. The number of pyridine rings is 1. The first-order valence-electron chi connectivity index (χ1n) is 8.54. The minimum Gasteiger partial charge on any atom is -0.357 e. The monoisotopic (exact) mass is 402 g/mol. The van der Waals surface area contributed by atoms with Crippen LogP contribution in [-0.2, 0) is 0 Å². The first-order chi connectivity index (χ1) is 13.1. The molecule has 1 aliphatic rings. The number of aromatic nitrogens is 2. The van der Waals surface area contributed by atoms with Crippen LogP contribution >= 0.6 is 22.9 Å². The van der Waals surface area contributed by atoms with Crippen molar-refractivity contribution < 1.29 is 9.18 Å². The van der Waals surface area contributed by atoms with Crippen molar-refractivity contribution in [2.24, 2.45) is 0 Å². The maximum Gasteiger partial charge on any atom is 0.275 e. The fourth-order valence-electron chi connectivity index (χ4n) is 2.94. The molecular weight excluding hydrogens is 387 g/mol. The van der Waals surface area contributed by atoms with Crippen molar-refractivity contribution in [3.05, 3.63) is 58.4 Å². The van der Waals surface area contributed by atoms with Crippen LogP contribution in [0.4, 0.5) is 15.9 Å². The minimum absolute atomic E-state index is 0.0266. The van der Waals surface area contributed by atoms with Crippen LogP contribution in [0.3, 0.4) is 0 Å². The van der Waals surface area contributed by atoms with E-state index in [4.69, 9.17) is 11.6 Å². The lowest BCUT2D eigenvalue weighted by Gasteiger charge is -2.15. The molecule has 27 heavy (non-hydrogen) atoms. The Morgan fingerprint density at radius 3 is 2.78 bits per heavy atom. The zero-order valence-corrected chi connectivity index (χ0v) is 15.9. The molecule has 1 aliphatic heterocycles. The van der Waals surface area contributed by atoms with Crippen LogP contribution in [0.15, 0.2) is 41.9 Å². The first kappa shape index (κ1) is 17.9. The van der Waals surface area contributed by atoms with E-state index < -0.39 is 11.7 Å². The van der Waals surface area contributed by atoms with Crippen molar-refractivity contribution in [2.75, 3.05) is 23.3 Å². The molecule has 0 aliphatic carbocycles. The van der Waals surface area contributed by atoms with Crippen molar-refractivity contribution in [1.82, 2.24) is 9.97 Å². The lowest BCUT2D eigenvalue weighted by molar-refractivity contribution is 0.102. The van der Waals surface area contributed by atoms with E-state index in [1.165, 1.54) is 36.3 Å². The van der Waals surface area contributed by atoms with E-state index in [0.29, 0.717) is 5.01 Å². The van der Waals surface area contributed by atoms with E-state index in [-0.39, 0.29) is 16.4 Å². The molecule has 4 rings (SSSR count). The third kappa shape index (κ3) is 3.79. The summed E-state index contributed by atoms with van der Waals surface area (Å²) in [5.74, 6) is -0.188. The summed E-state index contributed by atoms with van der Waals surface area (Å²) in [5, 5.41) is 4.78. The average Bonchev–Trinajstić information content (AvgIpc) is 3.37. The molecule has 138 valence electrons. The number of benzene rings is 1. The number of hydrogen-bond acceptors (Lipinski definition) is 5. The van der Waals surface area contributed by atoms with Gasteiger partial charge in [0.25, 0.3) is 5.91 Å². The second kappa shape index (κ2) is 7.62. The van der Waals surface area contributed by atoms with Crippen LogP contribution in [0.5, 0.6) is 0 Å². The first-order valence-corrected chi connectivity index (χ1v) is 9.80. The summed E-state index contributed by atoms with van der Waals surface area (Å²) in [6, 6.07) is 8.38. The van der Waals surface area contributed by atoms with Gasteiger partial charge >= 0.3 is 0 Å². The van der Waals surface area contributed by atoms with Gasteiger partial charge in [0.1, 0.15) is 16.5 Å². The lowest BCUT2D eigenvalue weighted by atomic mass is 10.3. The number of thiazole rings is 1. The molecule has 0 saturated carbocycles. The number of nitrogens with one attached hydrogen (secondary N) is 1. The molecule has 0 spiro atoms.